The molecule has 3 fully saturated rings. The first-order valence-corrected chi connectivity index (χ1v) is 13.1. The molecular weight excluding hydrogens is 450 g/mol. The highest BCUT2D eigenvalue weighted by Gasteiger charge is 2.34. The molecule has 0 saturated carbocycles. The van der Waals surface area contributed by atoms with Gasteiger partial charge in [0.15, 0.2) is 0 Å². The van der Waals surface area contributed by atoms with Crippen molar-refractivity contribution in [1.29, 1.82) is 5.26 Å². The van der Waals surface area contributed by atoms with Crippen molar-refractivity contribution in [2.24, 2.45) is 5.92 Å². The molecule has 2 amide bonds. The molecule has 0 aliphatic carbocycles. The van der Waals surface area contributed by atoms with E-state index in [1.165, 1.54) is 29.7 Å². The lowest BCUT2D eigenvalue weighted by Gasteiger charge is -2.42. The number of carbonyl (C=O) groups is 1. The molecule has 36 heavy (non-hydrogen) atoms. The van der Waals surface area contributed by atoms with Crippen LogP contribution in [0.1, 0.15) is 24.8 Å². The fraction of sp³-hybridized carbons (Fsp3) is 0.464. The number of hydrogen-bond donors (Lipinski definition) is 0. The molecular formula is C28H33N7O. The predicted molar refractivity (Wildman–Crippen MR) is 140 cm³/mol. The SMILES string of the molecule is CCN1CC[C@@H](c2ccc(-c3cc4c(N5CCN(C(=O)N6CC(C#N)C6)CC5)ccnn4c3)cc2)C1. The predicted octanol–water partition coefficient (Wildman–Crippen LogP) is 3.51. The van der Waals surface area contributed by atoms with Gasteiger partial charge < -0.3 is 19.6 Å². The minimum Gasteiger partial charge on any atom is -0.366 e. The van der Waals surface area contributed by atoms with Crippen LogP contribution in [0.25, 0.3) is 16.6 Å². The Balaban J connectivity index is 1.15. The maximum Gasteiger partial charge on any atom is 0.320 e. The van der Waals surface area contributed by atoms with Gasteiger partial charge in [0, 0.05) is 63.8 Å². The van der Waals surface area contributed by atoms with Gasteiger partial charge in [0.25, 0.3) is 0 Å². The van der Waals surface area contributed by atoms with Gasteiger partial charge in [-0.2, -0.15) is 10.4 Å². The second kappa shape index (κ2) is 9.47. The van der Waals surface area contributed by atoms with Crippen LogP contribution in [0.4, 0.5) is 10.5 Å². The van der Waals surface area contributed by atoms with Crippen LogP contribution in [0, 0.1) is 17.2 Å². The second-order valence-corrected chi connectivity index (χ2v) is 10.3. The van der Waals surface area contributed by atoms with Crippen molar-refractivity contribution in [2.75, 3.05) is 63.8 Å². The molecule has 5 heterocycles. The topological polar surface area (TPSA) is 71.1 Å². The van der Waals surface area contributed by atoms with Crippen molar-refractivity contribution >= 4 is 17.2 Å². The van der Waals surface area contributed by atoms with Crippen LogP contribution in [-0.2, 0) is 0 Å². The van der Waals surface area contributed by atoms with Crippen LogP contribution in [0.5, 0.6) is 0 Å². The molecule has 8 heteroatoms. The van der Waals surface area contributed by atoms with Crippen molar-refractivity contribution in [3.63, 3.8) is 0 Å². The zero-order valence-electron chi connectivity index (χ0n) is 20.9. The van der Waals surface area contributed by atoms with Crippen LogP contribution in [-0.4, -0.2) is 89.2 Å². The minimum absolute atomic E-state index is 0.00534. The highest BCUT2D eigenvalue weighted by Crippen LogP contribution is 2.32. The Morgan fingerprint density at radius 1 is 1.00 bits per heavy atom. The van der Waals surface area contributed by atoms with Gasteiger partial charge >= 0.3 is 6.03 Å². The van der Waals surface area contributed by atoms with E-state index >= 15 is 0 Å². The lowest BCUT2D eigenvalue weighted by molar-refractivity contribution is 0.106. The number of likely N-dealkylation sites (N-methyl/N-ethyl adjacent to an activating group) is 1. The molecule has 0 radical (unpaired) electrons. The molecule has 3 aromatic rings. The summed E-state index contributed by atoms with van der Waals surface area (Å²) < 4.78 is 1.97. The van der Waals surface area contributed by atoms with Crippen LogP contribution in [0.15, 0.2) is 48.8 Å². The largest absolute Gasteiger partial charge is 0.366 e. The zero-order chi connectivity index (χ0) is 24.6. The second-order valence-electron chi connectivity index (χ2n) is 10.3. The summed E-state index contributed by atoms with van der Waals surface area (Å²) in [6, 6.07) is 15.7. The van der Waals surface area contributed by atoms with E-state index in [2.05, 4.69) is 70.5 Å². The average Bonchev–Trinajstić information content (AvgIpc) is 3.55. The van der Waals surface area contributed by atoms with Gasteiger partial charge in [0.05, 0.1) is 23.2 Å². The van der Waals surface area contributed by atoms with E-state index in [1.807, 2.05) is 15.6 Å². The smallest absolute Gasteiger partial charge is 0.320 e. The quantitative estimate of drug-likeness (QED) is 0.568. The summed E-state index contributed by atoms with van der Waals surface area (Å²) in [6.45, 7) is 9.80. The Morgan fingerprint density at radius 2 is 1.78 bits per heavy atom. The standard InChI is InChI=1S/C28H33N7O/c1-2-31-10-8-24(19-31)22-3-5-23(6-4-22)25-15-27-26(7-9-30-35(27)20-25)32-11-13-33(14-12-32)28(36)34-17-21(16-29)18-34/h3-7,9,15,20-21,24H,2,8,10-14,17-19H2,1H3/t24-/m1/s1. The first kappa shape index (κ1) is 22.9. The third-order valence-corrected chi connectivity index (χ3v) is 8.15. The lowest BCUT2D eigenvalue weighted by atomic mass is 9.96. The summed E-state index contributed by atoms with van der Waals surface area (Å²) in [5, 5.41) is 13.5. The number of nitrogens with zero attached hydrogens (tertiary/aromatic N) is 7. The molecule has 2 aromatic heterocycles. The number of likely N-dealkylation sites (tertiary alicyclic amines) is 2. The summed E-state index contributed by atoms with van der Waals surface area (Å²) in [5.41, 5.74) is 6.05. The number of fused-ring (bicyclic) bond motifs is 1. The summed E-state index contributed by atoms with van der Waals surface area (Å²) >= 11 is 0. The van der Waals surface area contributed by atoms with Crippen LogP contribution < -0.4 is 4.90 Å². The molecule has 0 spiro atoms. The number of nitriles is 1. The summed E-state index contributed by atoms with van der Waals surface area (Å²) in [4.78, 5) is 21.3. The Kier molecular flexibility index (Phi) is 6.02. The number of urea groups is 1. The summed E-state index contributed by atoms with van der Waals surface area (Å²) in [7, 11) is 0. The molecule has 0 unspecified atom stereocenters. The minimum atomic E-state index is -0.00534. The Labute approximate surface area is 212 Å². The Hall–Kier alpha value is -3.57. The molecule has 3 aliphatic rings. The fourth-order valence-electron chi connectivity index (χ4n) is 5.82. The number of benzene rings is 1. The average molecular weight is 484 g/mol. The maximum absolute atomic E-state index is 12.7. The number of piperazine rings is 1. The lowest BCUT2D eigenvalue weighted by Crippen LogP contribution is -2.58. The van der Waals surface area contributed by atoms with Crippen molar-refractivity contribution in [1.82, 2.24) is 24.3 Å². The number of rotatable bonds is 4. The molecule has 3 saturated heterocycles. The molecule has 0 N–H and O–H groups in total. The van der Waals surface area contributed by atoms with Crippen LogP contribution in [0.3, 0.4) is 0 Å². The van der Waals surface area contributed by atoms with Gasteiger partial charge in [-0.05, 0) is 48.7 Å². The van der Waals surface area contributed by atoms with Crippen LogP contribution in [0.2, 0.25) is 0 Å². The molecule has 0 bridgehead atoms. The van der Waals surface area contributed by atoms with Gasteiger partial charge in [-0.3, -0.25) is 0 Å². The monoisotopic (exact) mass is 483 g/mol. The highest BCUT2D eigenvalue weighted by atomic mass is 16.2. The summed E-state index contributed by atoms with van der Waals surface area (Å²) in [5.74, 6) is 0.633. The van der Waals surface area contributed by atoms with Gasteiger partial charge in [-0.15, -0.1) is 0 Å². The van der Waals surface area contributed by atoms with E-state index < -0.39 is 0 Å². The van der Waals surface area contributed by atoms with Crippen molar-refractivity contribution in [3.05, 3.63) is 54.4 Å². The van der Waals surface area contributed by atoms with Crippen molar-refractivity contribution < 1.29 is 4.79 Å². The number of hydrogen-bond acceptors (Lipinski definition) is 5. The number of amides is 2. The molecule has 8 nitrogen and oxygen atoms in total. The number of anilines is 1. The van der Waals surface area contributed by atoms with Gasteiger partial charge in [0.2, 0.25) is 0 Å². The molecule has 1 aromatic carbocycles. The van der Waals surface area contributed by atoms with E-state index in [9.17, 15) is 4.79 Å². The molecule has 6 rings (SSSR count). The van der Waals surface area contributed by atoms with E-state index in [4.69, 9.17) is 5.26 Å². The zero-order valence-corrected chi connectivity index (χ0v) is 20.9. The Bertz CT molecular complexity index is 1280. The number of aromatic nitrogens is 2. The molecule has 3 aliphatic heterocycles. The van der Waals surface area contributed by atoms with Gasteiger partial charge in [0.1, 0.15) is 0 Å². The fourth-order valence-corrected chi connectivity index (χ4v) is 5.82. The summed E-state index contributed by atoms with van der Waals surface area (Å²) in [6.07, 6.45) is 5.21. The molecule has 1 atom stereocenters. The number of carbonyl (C=O) groups excluding carboxylic acids is 1. The first-order chi connectivity index (χ1) is 17.6. The van der Waals surface area contributed by atoms with Gasteiger partial charge in [-0.1, -0.05) is 31.2 Å². The van der Waals surface area contributed by atoms with E-state index in [0.29, 0.717) is 32.1 Å². The first-order valence-electron chi connectivity index (χ1n) is 13.1. The third kappa shape index (κ3) is 4.18. The molecule has 186 valence electrons. The highest BCUT2D eigenvalue weighted by molar-refractivity contribution is 5.80. The Morgan fingerprint density at radius 3 is 2.47 bits per heavy atom. The van der Waals surface area contributed by atoms with Crippen molar-refractivity contribution in [3.8, 4) is 17.2 Å². The third-order valence-electron chi connectivity index (χ3n) is 8.15. The van der Waals surface area contributed by atoms with E-state index in [1.54, 1.807) is 4.90 Å². The van der Waals surface area contributed by atoms with E-state index in [0.717, 1.165) is 37.4 Å². The maximum atomic E-state index is 12.7. The van der Waals surface area contributed by atoms with Gasteiger partial charge in [-0.25, -0.2) is 9.31 Å². The van der Waals surface area contributed by atoms with Crippen molar-refractivity contribution in [2.45, 2.75) is 19.3 Å². The van der Waals surface area contributed by atoms with Crippen LogP contribution >= 0.6 is 0 Å². The van der Waals surface area contributed by atoms with E-state index in [-0.39, 0.29) is 11.9 Å². The normalized spacial score (nSPS) is 21.1.